The maximum Gasteiger partial charge on any atom is 0.252 e. The van der Waals surface area contributed by atoms with Gasteiger partial charge in [-0.1, -0.05) is 48.0 Å². The highest BCUT2D eigenvalue weighted by atomic mass is 32.2. The zero-order chi connectivity index (χ0) is 21.3. The highest BCUT2D eigenvalue weighted by Crippen LogP contribution is 2.23. The van der Waals surface area contributed by atoms with Crippen LogP contribution in [0.5, 0.6) is 5.75 Å². The van der Waals surface area contributed by atoms with E-state index in [2.05, 4.69) is 10.6 Å². The van der Waals surface area contributed by atoms with Crippen LogP contribution in [0.3, 0.4) is 0 Å². The Morgan fingerprint density at radius 2 is 1.73 bits per heavy atom. The van der Waals surface area contributed by atoms with E-state index in [1.165, 1.54) is 17.3 Å². The summed E-state index contributed by atoms with van der Waals surface area (Å²) in [5.74, 6) is 0.561. The summed E-state index contributed by atoms with van der Waals surface area (Å²) in [6, 6.07) is 22.5. The first-order valence-corrected chi connectivity index (χ1v) is 10.5. The molecule has 5 nitrogen and oxygen atoms in total. The molecule has 3 aromatic carbocycles. The fraction of sp³-hybridized carbons (Fsp3) is 0.167. The van der Waals surface area contributed by atoms with Gasteiger partial charge in [0.25, 0.3) is 5.91 Å². The summed E-state index contributed by atoms with van der Waals surface area (Å²) in [4.78, 5) is 25.8. The van der Waals surface area contributed by atoms with Crippen molar-refractivity contribution in [2.45, 2.75) is 18.4 Å². The Morgan fingerprint density at radius 1 is 0.967 bits per heavy atom. The number of rotatable bonds is 8. The van der Waals surface area contributed by atoms with Crippen molar-refractivity contribution in [3.05, 3.63) is 89.5 Å². The minimum Gasteiger partial charge on any atom is -0.497 e. The monoisotopic (exact) mass is 420 g/mol. The van der Waals surface area contributed by atoms with Crippen LogP contribution in [0.15, 0.2) is 77.7 Å². The normalized spacial score (nSPS) is 10.3. The molecule has 154 valence electrons. The molecule has 6 heteroatoms. The average molecular weight is 421 g/mol. The highest BCUT2D eigenvalue weighted by Gasteiger charge is 2.13. The molecule has 0 saturated heterocycles. The second kappa shape index (κ2) is 10.5. The molecule has 0 atom stereocenters. The van der Waals surface area contributed by atoms with Gasteiger partial charge in [-0.05, 0) is 36.8 Å². The van der Waals surface area contributed by atoms with E-state index < -0.39 is 0 Å². The Hall–Kier alpha value is -3.25. The van der Waals surface area contributed by atoms with Crippen molar-refractivity contribution in [3.63, 3.8) is 0 Å². The van der Waals surface area contributed by atoms with Gasteiger partial charge in [0.1, 0.15) is 5.75 Å². The molecule has 30 heavy (non-hydrogen) atoms. The van der Waals surface area contributed by atoms with Gasteiger partial charge in [0, 0.05) is 23.2 Å². The number of hydrogen-bond donors (Lipinski definition) is 2. The van der Waals surface area contributed by atoms with Gasteiger partial charge in [-0.25, -0.2) is 0 Å². The van der Waals surface area contributed by atoms with Crippen molar-refractivity contribution in [1.82, 2.24) is 5.32 Å². The van der Waals surface area contributed by atoms with Crippen molar-refractivity contribution in [2.75, 3.05) is 18.2 Å². The van der Waals surface area contributed by atoms with E-state index in [1.54, 1.807) is 25.3 Å². The van der Waals surface area contributed by atoms with Gasteiger partial charge in [-0.3, -0.25) is 9.59 Å². The van der Waals surface area contributed by atoms with E-state index in [4.69, 9.17) is 4.74 Å². The van der Waals surface area contributed by atoms with E-state index in [0.717, 1.165) is 10.5 Å². The number of carbonyl (C=O) groups is 2. The Morgan fingerprint density at radius 3 is 2.50 bits per heavy atom. The number of ether oxygens (including phenoxy) is 1. The third-order valence-corrected chi connectivity index (χ3v) is 5.49. The molecule has 0 aliphatic rings. The van der Waals surface area contributed by atoms with E-state index in [-0.39, 0.29) is 17.6 Å². The zero-order valence-corrected chi connectivity index (χ0v) is 17.8. The van der Waals surface area contributed by atoms with Crippen LogP contribution in [0, 0.1) is 6.92 Å². The number of methoxy groups -OCH3 is 1. The third-order valence-electron chi connectivity index (χ3n) is 4.42. The predicted molar refractivity (Wildman–Crippen MR) is 121 cm³/mol. The lowest BCUT2D eigenvalue weighted by Crippen LogP contribution is -2.23. The molecule has 0 bridgehead atoms. The topological polar surface area (TPSA) is 67.4 Å². The van der Waals surface area contributed by atoms with E-state index in [1.807, 2.05) is 61.5 Å². The second-order valence-corrected chi connectivity index (χ2v) is 7.75. The van der Waals surface area contributed by atoms with Gasteiger partial charge >= 0.3 is 0 Å². The number of nitrogens with one attached hydrogen (secondary N) is 2. The standard InChI is InChI=1S/C24H24N2O3S/c1-17-10-12-18(13-11-17)15-25-24(28)21-8-3-4-9-22(21)30-16-23(27)26-19-6-5-7-20(14-19)29-2/h3-14H,15-16H2,1-2H3,(H,25,28)(H,26,27). The summed E-state index contributed by atoms with van der Waals surface area (Å²) in [6.07, 6.45) is 0. The van der Waals surface area contributed by atoms with E-state index in [9.17, 15) is 9.59 Å². The molecule has 0 aliphatic heterocycles. The number of anilines is 1. The molecule has 3 rings (SSSR count). The molecular formula is C24H24N2O3S. The Kier molecular flexibility index (Phi) is 7.51. The van der Waals surface area contributed by atoms with Gasteiger partial charge in [-0.2, -0.15) is 0 Å². The van der Waals surface area contributed by atoms with Crippen LogP contribution in [0.2, 0.25) is 0 Å². The molecule has 0 fully saturated rings. The molecular weight excluding hydrogens is 396 g/mol. The fourth-order valence-electron chi connectivity index (χ4n) is 2.80. The molecule has 0 aromatic heterocycles. The molecule has 3 aromatic rings. The smallest absolute Gasteiger partial charge is 0.252 e. The molecule has 2 N–H and O–H groups in total. The first-order chi connectivity index (χ1) is 14.5. The average Bonchev–Trinajstić information content (AvgIpc) is 2.77. The number of aryl methyl sites for hydroxylation is 1. The van der Waals surface area contributed by atoms with E-state index >= 15 is 0 Å². The maximum absolute atomic E-state index is 12.7. The molecule has 0 spiro atoms. The lowest BCUT2D eigenvalue weighted by molar-refractivity contribution is -0.113. The van der Waals surface area contributed by atoms with Crippen LogP contribution in [0.4, 0.5) is 5.69 Å². The lowest BCUT2D eigenvalue weighted by Gasteiger charge is -2.11. The summed E-state index contributed by atoms with van der Waals surface area (Å²) in [5.41, 5.74) is 3.45. The Labute approximate surface area is 180 Å². The molecule has 0 aliphatic carbocycles. The summed E-state index contributed by atoms with van der Waals surface area (Å²) in [6.45, 7) is 2.48. The summed E-state index contributed by atoms with van der Waals surface area (Å²) < 4.78 is 5.17. The lowest BCUT2D eigenvalue weighted by atomic mass is 10.1. The van der Waals surface area contributed by atoms with Crippen LogP contribution in [0.1, 0.15) is 21.5 Å². The highest BCUT2D eigenvalue weighted by molar-refractivity contribution is 8.00. The number of hydrogen-bond acceptors (Lipinski definition) is 4. The predicted octanol–water partition coefficient (Wildman–Crippen LogP) is 4.66. The van der Waals surface area contributed by atoms with Crippen LogP contribution < -0.4 is 15.4 Å². The zero-order valence-electron chi connectivity index (χ0n) is 17.0. The van der Waals surface area contributed by atoms with Gasteiger partial charge < -0.3 is 15.4 Å². The van der Waals surface area contributed by atoms with Gasteiger partial charge in [0.15, 0.2) is 0 Å². The first-order valence-electron chi connectivity index (χ1n) is 9.54. The second-order valence-electron chi connectivity index (χ2n) is 6.73. The number of amides is 2. The van der Waals surface area contributed by atoms with Gasteiger partial charge in [0.05, 0.1) is 18.4 Å². The fourth-order valence-corrected chi connectivity index (χ4v) is 3.65. The quantitative estimate of drug-likeness (QED) is 0.520. The van der Waals surface area contributed by atoms with Crippen LogP contribution in [0.25, 0.3) is 0 Å². The molecule has 0 radical (unpaired) electrons. The first kappa shape index (κ1) is 21.5. The van der Waals surface area contributed by atoms with E-state index in [0.29, 0.717) is 23.5 Å². The molecule has 0 saturated carbocycles. The van der Waals surface area contributed by atoms with Crippen LogP contribution >= 0.6 is 11.8 Å². The van der Waals surface area contributed by atoms with Gasteiger partial charge in [0.2, 0.25) is 5.91 Å². The van der Waals surface area contributed by atoms with Gasteiger partial charge in [-0.15, -0.1) is 11.8 Å². The summed E-state index contributed by atoms with van der Waals surface area (Å²) in [7, 11) is 1.58. The van der Waals surface area contributed by atoms with Crippen LogP contribution in [-0.4, -0.2) is 24.7 Å². The summed E-state index contributed by atoms with van der Waals surface area (Å²) in [5, 5.41) is 5.79. The number of benzene rings is 3. The minimum atomic E-state index is -0.160. The molecule has 0 unspecified atom stereocenters. The molecule has 2 amide bonds. The number of carbonyl (C=O) groups excluding carboxylic acids is 2. The maximum atomic E-state index is 12.7. The Balaban J connectivity index is 1.58. The van der Waals surface area contributed by atoms with Crippen molar-refractivity contribution in [1.29, 1.82) is 0 Å². The Bertz CT molecular complexity index is 1020. The van der Waals surface area contributed by atoms with Crippen molar-refractivity contribution >= 4 is 29.3 Å². The minimum absolute atomic E-state index is 0.150. The van der Waals surface area contributed by atoms with Crippen molar-refractivity contribution in [3.8, 4) is 5.75 Å². The van der Waals surface area contributed by atoms with Crippen LogP contribution in [-0.2, 0) is 11.3 Å². The van der Waals surface area contributed by atoms with Crippen molar-refractivity contribution < 1.29 is 14.3 Å². The molecule has 0 heterocycles. The largest absolute Gasteiger partial charge is 0.497 e. The van der Waals surface area contributed by atoms with Crippen molar-refractivity contribution in [2.24, 2.45) is 0 Å². The summed E-state index contributed by atoms with van der Waals surface area (Å²) >= 11 is 1.33. The SMILES string of the molecule is COc1cccc(NC(=O)CSc2ccccc2C(=O)NCc2ccc(C)cc2)c1. The third kappa shape index (κ3) is 6.12. The number of thioether (sulfide) groups is 1.